The van der Waals surface area contributed by atoms with E-state index in [0.29, 0.717) is 16.4 Å². The van der Waals surface area contributed by atoms with E-state index in [2.05, 4.69) is 31.1 Å². The lowest BCUT2D eigenvalue weighted by Gasteiger charge is -2.01. The second-order valence-corrected chi connectivity index (χ2v) is 5.64. The number of Topliss-reactive ketones (excluding diaryl/α,β-unsaturated/α-hetero) is 1. The van der Waals surface area contributed by atoms with Crippen LogP contribution in [0.25, 0.3) is 0 Å². The van der Waals surface area contributed by atoms with Crippen LogP contribution in [0.4, 0.5) is 0 Å². The molecule has 1 aromatic carbocycles. The van der Waals surface area contributed by atoms with E-state index in [0.717, 1.165) is 16.2 Å². The lowest BCUT2D eigenvalue weighted by atomic mass is 10.2. The fraction of sp³-hybridized carbons (Fsp3) is 0.167. The van der Waals surface area contributed by atoms with Crippen LogP contribution in [0.15, 0.2) is 38.7 Å². The molecule has 0 saturated heterocycles. The van der Waals surface area contributed by atoms with Gasteiger partial charge in [-0.1, -0.05) is 39.8 Å². The van der Waals surface area contributed by atoms with E-state index >= 15 is 0 Å². The summed E-state index contributed by atoms with van der Waals surface area (Å²) in [6.07, 6.45) is 0. The summed E-state index contributed by atoms with van der Waals surface area (Å²) in [5, 5.41) is 7.87. The molecule has 0 aliphatic carbocycles. The lowest BCUT2D eigenvalue weighted by Crippen LogP contribution is -2.14. The monoisotopic (exact) mass is 339 g/mol. The van der Waals surface area contributed by atoms with Crippen molar-refractivity contribution in [2.75, 3.05) is 5.75 Å². The SMILES string of the molecule is Cc1nnc(SCC(=O)c2ccc(Br)cc2)[nH]c1=O. The number of carbonyl (C=O) groups excluding carboxylic acids is 1. The van der Waals surface area contributed by atoms with Gasteiger partial charge in [0, 0.05) is 10.0 Å². The summed E-state index contributed by atoms with van der Waals surface area (Å²) in [6.45, 7) is 1.58. The molecule has 0 radical (unpaired) electrons. The molecule has 1 heterocycles. The van der Waals surface area contributed by atoms with Gasteiger partial charge in [0.05, 0.1) is 5.75 Å². The van der Waals surface area contributed by atoms with Crippen molar-refractivity contribution in [2.45, 2.75) is 12.1 Å². The molecule has 2 rings (SSSR count). The molecule has 0 aliphatic rings. The van der Waals surface area contributed by atoms with Crippen molar-refractivity contribution in [3.8, 4) is 0 Å². The van der Waals surface area contributed by atoms with Gasteiger partial charge in [0.25, 0.3) is 5.56 Å². The van der Waals surface area contributed by atoms with Crippen molar-refractivity contribution in [3.05, 3.63) is 50.3 Å². The molecule has 0 fully saturated rings. The van der Waals surface area contributed by atoms with Gasteiger partial charge in [0.1, 0.15) is 5.69 Å². The van der Waals surface area contributed by atoms with Crippen LogP contribution in [0.2, 0.25) is 0 Å². The minimum absolute atomic E-state index is 0.0271. The summed E-state index contributed by atoms with van der Waals surface area (Å²) in [7, 11) is 0. The van der Waals surface area contributed by atoms with Crippen LogP contribution in [-0.2, 0) is 0 Å². The number of H-pyrrole nitrogens is 1. The van der Waals surface area contributed by atoms with E-state index in [4.69, 9.17) is 0 Å². The molecule has 1 aromatic heterocycles. The molecule has 0 bridgehead atoms. The van der Waals surface area contributed by atoms with Gasteiger partial charge >= 0.3 is 0 Å². The number of hydrogen-bond acceptors (Lipinski definition) is 5. The van der Waals surface area contributed by atoms with E-state index < -0.39 is 0 Å². The molecule has 98 valence electrons. The minimum atomic E-state index is -0.284. The number of aryl methyl sites for hydroxylation is 1. The average molecular weight is 340 g/mol. The Balaban J connectivity index is 2.02. The zero-order valence-corrected chi connectivity index (χ0v) is 12.4. The van der Waals surface area contributed by atoms with Gasteiger partial charge in [-0.3, -0.25) is 14.6 Å². The normalized spacial score (nSPS) is 10.4. The van der Waals surface area contributed by atoms with Crippen LogP contribution in [0.1, 0.15) is 16.1 Å². The maximum atomic E-state index is 11.9. The Labute approximate surface area is 122 Å². The van der Waals surface area contributed by atoms with Crippen LogP contribution >= 0.6 is 27.7 Å². The largest absolute Gasteiger partial charge is 0.298 e. The highest BCUT2D eigenvalue weighted by atomic mass is 79.9. The molecule has 0 aliphatic heterocycles. The van der Waals surface area contributed by atoms with Gasteiger partial charge < -0.3 is 0 Å². The topological polar surface area (TPSA) is 75.7 Å². The van der Waals surface area contributed by atoms with Crippen molar-refractivity contribution in [2.24, 2.45) is 0 Å². The number of nitrogens with zero attached hydrogens (tertiary/aromatic N) is 2. The molecule has 0 atom stereocenters. The number of benzene rings is 1. The second-order valence-electron chi connectivity index (χ2n) is 3.76. The number of carbonyl (C=O) groups is 1. The zero-order chi connectivity index (χ0) is 13.8. The number of hydrogen-bond donors (Lipinski definition) is 1. The maximum Gasteiger partial charge on any atom is 0.273 e. The van der Waals surface area contributed by atoms with Crippen LogP contribution in [0.5, 0.6) is 0 Å². The Kier molecular flexibility index (Phi) is 4.49. The smallest absolute Gasteiger partial charge is 0.273 e. The van der Waals surface area contributed by atoms with Crippen molar-refractivity contribution >= 4 is 33.5 Å². The number of ketones is 1. The predicted molar refractivity (Wildman–Crippen MR) is 76.6 cm³/mol. The highest BCUT2D eigenvalue weighted by Gasteiger charge is 2.08. The Hall–Kier alpha value is -1.47. The summed E-state index contributed by atoms with van der Waals surface area (Å²) in [5.41, 5.74) is 0.648. The standard InChI is InChI=1S/C12H10BrN3O2S/c1-7-11(18)14-12(16-15-7)19-6-10(17)8-2-4-9(13)5-3-8/h2-5H,6H2,1H3,(H,14,16,18). The molecule has 0 saturated carbocycles. The lowest BCUT2D eigenvalue weighted by molar-refractivity contribution is 0.102. The van der Waals surface area contributed by atoms with Crippen molar-refractivity contribution in [1.82, 2.24) is 15.2 Å². The number of thioether (sulfide) groups is 1. The quantitative estimate of drug-likeness (QED) is 0.682. The molecule has 0 amide bonds. The zero-order valence-electron chi connectivity index (χ0n) is 10.0. The molecular weight excluding hydrogens is 330 g/mol. The first-order valence-electron chi connectivity index (χ1n) is 5.41. The van der Waals surface area contributed by atoms with Crippen molar-refractivity contribution in [1.29, 1.82) is 0 Å². The molecule has 19 heavy (non-hydrogen) atoms. The van der Waals surface area contributed by atoms with E-state index in [1.807, 2.05) is 12.1 Å². The summed E-state index contributed by atoms with van der Waals surface area (Å²) < 4.78 is 0.922. The molecule has 7 heteroatoms. The molecule has 2 aromatic rings. The molecule has 1 N–H and O–H groups in total. The number of rotatable bonds is 4. The van der Waals surface area contributed by atoms with Crippen LogP contribution < -0.4 is 5.56 Å². The second kappa shape index (κ2) is 6.12. The first kappa shape index (κ1) is 14.0. The highest BCUT2D eigenvalue weighted by molar-refractivity contribution is 9.10. The van der Waals surface area contributed by atoms with Crippen LogP contribution in [-0.4, -0.2) is 26.7 Å². The van der Waals surface area contributed by atoms with Gasteiger partial charge in [0.15, 0.2) is 10.9 Å². The Morgan fingerprint density at radius 1 is 1.32 bits per heavy atom. The Morgan fingerprint density at radius 2 is 2.00 bits per heavy atom. The minimum Gasteiger partial charge on any atom is -0.298 e. The highest BCUT2D eigenvalue weighted by Crippen LogP contribution is 2.15. The molecule has 5 nitrogen and oxygen atoms in total. The van der Waals surface area contributed by atoms with E-state index in [1.165, 1.54) is 0 Å². The van der Waals surface area contributed by atoms with Gasteiger partial charge in [-0.05, 0) is 19.1 Å². The number of halogens is 1. The molecule has 0 unspecified atom stereocenters. The Morgan fingerprint density at radius 3 is 2.63 bits per heavy atom. The summed E-state index contributed by atoms with van der Waals surface area (Å²) >= 11 is 4.47. The molecular formula is C12H10BrN3O2S. The third kappa shape index (κ3) is 3.74. The van der Waals surface area contributed by atoms with Crippen LogP contribution in [0.3, 0.4) is 0 Å². The first-order valence-corrected chi connectivity index (χ1v) is 7.19. The fourth-order valence-corrected chi connectivity index (χ4v) is 2.26. The van der Waals surface area contributed by atoms with Crippen molar-refractivity contribution < 1.29 is 4.79 Å². The number of aromatic amines is 1. The van der Waals surface area contributed by atoms with E-state index in [-0.39, 0.29) is 17.1 Å². The van der Waals surface area contributed by atoms with Crippen LogP contribution in [0, 0.1) is 6.92 Å². The molecule has 0 spiro atoms. The number of nitrogens with one attached hydrogen (secondary N) is 1. The maximum absolute atomic E-state index is 11.9. The van der Waals surface area contributed by atoms with Gasteiger partial charge in [-0.2, -0.15) is 0 Å². The van der Waals surface area contributed by atoms with Crippen molar-refractivity contribution in [3.63, 3.8) is 0 Å². The summed E-state index contributed by atoms with van der Waals surface area (Å²) in [5.74, 6) is 0.177. The first-order chi connectivity index (χ1) is 9.06. The van der Waals surface area contributed by atoms with Gasteiger partial charge in [-0.15, -0.1) is 10.2 Å². The van der Waals surface area contributed by atoms with E-state index in [9.17, 15) is 9.59 Å². The summed E-state index contributed by atoms with van der Waals surface area (Å²) in [6, 6.07) is 7.12. The number of aromatic nitrogens is 3. The summed E-state index contributed by atoms with van der Waals surface area (Å²) in [4.78, 5) is 25.8. The van der Waals surface area contributed by atoms with E-state index in [1.54, 1.807) is 19.1 Å². The average Bonchev–Trinajstić information content (AvgIpc) is 2.40. The fourth-order valence-electron chi connectivity index (χ4n) is 1.30. The third-order valence-corrected chi connectivity index (χ3v) is 3.74. The Bertz CT molecular complexity index is 655. The third-order valence-electron chi connectivity index (χ3n) is 2.35. The van der Waals surface area contributed by atoms with Gasteiger partial charge in [-0.25, -0.2) is 0 Å². The predicted octanol–water partition coefficient (Wildman–Crippen LogP) is 2.21. The van der Waals surface area contributed by atoms with Gasteiger partial charge in [0.2, 0.25) is 0 Å².